The van der Waals surface area contributed by atoms with Gasteiger partial charge in [0.15, 0.2) is 0 Å². The average molecular weight is 264 g/mol. The number of allylic oxidation sites excluding steroid dienone is 1. The first-order chi connectivity index (χ1) is 9.20. The van der Waals surface area contributed by atoms with E-state index < -0.39 is 0 Å². The summed E-state index contributed by atoms with van der Waals surface area (Å²) in [7, 11) is 0. The maximum atomic E-state index is 3.77. The molecule has 2 nitrogen and oxygen atoms in total. The highest BCUT2D eigenvalue weighted by Gasteiger charge is 2.32. The first-order valence-corrected chi connectivity index (χ1v) is 8.31. The number of hydrogen-bond acceptors (Lipinski definition) is 2. The van der Waals surface area contributed by atoms with Crippen LogP contribution in [0.25, 0.3) is 0 Å². The summed E-state index contributed by atoms with van der Waals surface area (Å²) in [6, 6.07) is 1.48. The molecule has 2 atom stereocenters. The van der Waals surface area contributed by atoms with Crippen LogP contribution < -0.4 is 5.32 Å². The van der Waals surface area contributed by atoms with Crippen LogP contribution in [0.15, 0.2) is 11.6 Å². The van der Waals surface area contributed by atoms with Gasteiger partial charge in [-0.2, -0.15) is 0 Å². The van der Waals surface area contributed by atoms with Gasteiger partial charge in [-0.3, -0.25) is 4.90 Å². The third kappa shape index (κ3) is 4.32. The predicted molar refractivity (Wildman–Crippen MR) is 83.4 cm³/mol. The zero-order valence-corrected chi connectivity index (χ0v) is 13.1. The van der Waals surface area contributed by atoms with Gasteiger partial charge in [-0.05, 0) is 39.0 Å². The first-order valence-electron chi connectivity index (χ1n) is 8.31. The topological polar surface area (TPSA) is 15.3 Å². The molecule has 0 bridgehead atoms. The van der Waals surface area contributed by atoms with Crippen molar-refractivity contribution in [2.45, 2.75) is 71.4 Å². The molecular formula is C17H32N2. The van der Waals surface area contributed by atoms with Crippen LogP contribution in [-0.4, -0.2) is 36.6 Å². The fourth-order valence-corrected chi connectivity index (χ4v) is 3.67. The van der Waals surface area contributed by atoms with Crippen molar-refractivity contribution in [3.8, 4) is 0 Å². The van der Waals surface area contributed by atoms with Crippen LogP contribution in [0.2, 0.25) is 0 Å². The Morgan fingerprint density at radius 3 is 2.58 bits per heavy atom. The standard InChI is InChI=1S/C17H32N2/c1-4-16-13-19(11-10-14(2)3)17(12-18-16)15-8-6-5-7-9-15/h10,15-18H,4-9,11-13H2,1-3H3. The molecule has 1 N–H and O–H groups in total. The molecule has 1 aliphatic carbocycles. The number of piperazine rings is 1. The molecule has 2 unspecified atom stereocenters. The molecular weight excluding hydrogens is 232 g/mol. The van der Waals surface area contributed by atoms with Gasteiger partial charge >= 0.3 is 0 Å². The lowest BCUT2D eigenvalue weighted by atomic mass is 9.82. The molecule has 0 radical (unpaired) electrons. The van der Waals surface area contributed by atoms with Crippen molar-refractivity contribution in [3.05, 3.63) is 11.6 Å². The first kappa shape index (κ1) is 15.1. The van der Waals surface area contributed by atoms with Crippen LogP contribution >= 0.6 is 0 Å². The molecule has 19 heavy (non-hydrogen) atoms. The molecule has 0 aromatic carbocycles. The van der Waals surface area contributed by atoms with Crippen molar-refractivity contribution in [1.29, 1.82) is 0 Å². The van der Waals surface area contributed by atoms with Gasteiger partial charge in [-0.25, -0.2) is 0 Å². The summed E-state index contributed by atoms with van der Waals surface area (Å²) in [5.74, 6) is 0.935. The lowest BCUT2D eigenvalue weighted by Crippen LogP contribution is -2.58. The quantitative estimate of drug-likeness (QED) is 0.781. The summed E-state index contributed by atoms with van der Waals surface area (Å²) >= 11 is 0. The normalized spacial score (nSPS) is 30.3. The summed E-state index contributed by atoms with van der Waals surface area (Å²) in [5.41, 5.74) is 1.45. The van der Waals surface area contributed by atoms with Crippen molar-refractivity contribution in [2.24, 2.45) is 5.92 Å². The van der Waals surface area contributed by atoms with E-state index in [1.165, 1.54) is 57.2 Å². The van der Waals surface area contributed by atoms with E-state index in [1.54, 1.807) is 0 Å². The smallest absolute Gasteiger partial charge is 0.0252 e. The van der Waals surface area contributed by atoms with Crippen LogP contribution in [0.3, 0.4) is 0 Å². The van der Waals surface area contributed by atoms with Gasteiger partial charge in [0, 0.05) is 31.7 Å². The van der Waals surface area contributed by atoms with Gasteiger partial charge in [0.05, 0.1) is 0 Å². The predicted octanol–water partition coefficient (Wildman–Crippen LogP) is 3.59. The van der Waals surface area contributed by atoms with Crippen molar-refractivity contribution in [3.63, 3.8) is 0 Å². The summed E-state index contributed by atoms with van der Waals surface area (Å²) in [5, 5.41) is 3.77. The highest BCUT2D eigenvalue weighted by Crippen LogP contribution is 2.30. The molecule has 1 saturated heterocycles. The van der Waals surface area contributed by atoms with E-state index in [0.29, 0.717) is 6.04 Å². The van der Waals surface area contributed by atoms with E-state index in [0.717, 1.165) is 18.5 Å². The zero-order valence-electron chi connectivity index (χ0n) is 13.1. The Morgan fingerprint density at radius 2 is 1.95 bits per heavy atom. The molecule has 2 aliphatic rings. The summed E-state index contributed by atoms with van der Waals surface area (Å²) in [4.78, 5) is 2.76. The second-order valence-corrected chi connectivity index (χ2v) is 6.71. The van der Waals surface area contributed by atoms with E-state index >= 15 is 0 Å². The van der Waals surface area contributed by atoms with Gasteiger partial charge < -0.3 is 5.32 Å². The molecule has 0 aromatic rings. The number of rotatable bonds is 4. The molecule has 0 spiro atoms. The highest BCUT2D eigenvalue weighted by atomic mass is 15.2. The minimum absolute atomic E-state index is 0.699. The van der Waals surface area contributed by atoms with Crippen LogP contribution in [0, 0.1) is 5.92 Å². The lowest BCUT2D eigenvalue weighted by Gasteiger charge is -2.44. The van der Waals surface area contributed by atoms with Gasteiger partial charge in [0.1, 0.15) is 0 Å². The average Bonchev–Trinajstić information content (AvgIpc) is 2.45. The summed E-state index contributed by atoms with van der Waals surface area (Å²) in [6.45, 7) is 10.3. The lowest BCUT2D eigenvalue weighted by molar-refractivity contribution is 0.0813. The summed E-state index contributed by atoms with van der Waals surface area (Å²) < 4.78 is 0. The molecule has 2 rings (SSSR count). The van der Waals surface area contributed by atoms with Crippen molar-refractivity contribution in [2.75, 3.05) is 19.6 Å². The second-order valence-electron chi connectivity index (χ2n) is 6.71. The fourth-order valence-electron chi connectivity index (χ4n) is 3.67. The van der Waals surface area contributed by atoms with Crippen molar-refractivity contribution < 1.29 is 0 Å². The van der Waals surface area contributed by atoms with E-state index in [2.05, 4.69) is 37.1 Å². The van der Waals surface area contributed by atoms with Gasteiger partial charge in [0.2, 0.25) is 0 Å². The van der Waals surface area contributed by atoms with Gasteiger partial charge in [-0.1, -0.05) is 37.8 Å². The van der Waals surface area contributed by atoms with E-state index in [9.17, 15) is 0 Å². The third-order valence-corrected chi connectivity index (χ3v) is 4.96. The Kier molecular flexibility index (Phi) is 5.90. The monoisotopic (exact) mass is 264 g/mol. The largest absolute Gasteiger partial charge is 0.311 e. The van der Waals surface area contributed by atoms with Crippen molar-refractivity contribution in [1.82, 2.24) is 10.2 Å². The Bertz CT molecular complexity index is 288. The minimum atomic E-state index is 0.699. The molecule has 2 fully saturated rings. The van der Waals surface area contributed by atoms with Gasteiger partial charge in [0.25, 0.3) is 0 Å². The van der Waals surface area contributed by atoms with Crippen LogP contribution in [0.1, 0.15) is 59.3 Å². The number of nitrogens with zero attached hydrogens (tertiary/aromatic N) is 1. The van der Waals surface area contributed by atoms with E-state index in [-0.39, 0.29) is 0 Å². The second kappa shape index (κ2) is 7.44. The summed E-state index contributed by atoms with van der Waals surface area (Å²) in [6.07, 6.45) is 10.9. The number of nitrogens with one attached hydrogen (secondary N) is 1. The fraction of sp³-hybridized carbons (Fsp3) is 0.882. The SMILES string of the molecule is CCC1CN(CC=C(C)C)C(C2CCCCC2)CN1. The van der Waals surface area contributed by atoms with Crippen LogP contribution in [0.5, 0.6) is 0 Å². The highest BCUT2D eigenvalue weighted by molar-refractivity contribution is 4.99. The maximum absolute atomic E-state index is 3.77. The Labute approximate surface area is 119 Å². The Balaban J connectivity index is 1.98. The van der Waals surface area contributed by atoms with Crippen LogP contribution in [-0.2, 0) is 0 Å². The number of hydrogen-bond donors (Lipinski definition) is 1. The van der Waals surface area contributed by atoms with Crippen LogP contribution in [0.4, 0.5) is 0 Å². The molecule has 0 aromatic heterocycles. The Hall–Kier alpha value is -0.340. The molecule has 110 valence electrons. The molecule has 0 amide bonds. The van der Waals surface area contributed by atoms with Crippen molar-refractivity contribution >= 4 is 0 Å². The maximum Gasteiger partial charge on any atom is 0.0252 e. The molecule has 1 heterocycles. The molecule has 2 heteroatoms. The van der Waals surface area contributed by atoms with Gasteiger partial charge in [-0.15, -0.1) is 0 Å². The zero-order chi connectivity index (χ0) is 13.7. The molecule has 1 saturated carbocycles. The van der Waals surface area contributed by atoms with E-state index in [4.69, 9.17) is 0 Å². The van der Waals surface area contributed by atoms with E-state index in [1.807, 2.05) is 0 Å². The Morgan fingerprint density at radius 1 is 1.21 bits per heavy atom. The molecule has 1 aliphatic heterocycles. The minimum Gasteiger partial charge on any atom is -0.311 e. The third-order valence-electron chi connectivity index (χ3n) is 4.96.